The summed E-state index contributed by atoms with van der Waals surface area (Å²) in [5, 5.41) is 0.251. The molecule has 1 atom stereocenters. The average Bonchev–Trinajstić information content (AvgIpc) is 2.35. The van der Waals surface area contributed by atoms with Crippen molar-refractivity contribution in [2.45, 2.75) is 71.2 Å². The van der Waals surface area contributed by atoms with Crippen LogP contribution in [0, 0.1) is 0 Å². The third-order valence-corrected chi connectivity index (χ3v) is 9.39. The molecule has 21 heavy (non-hydrogen) atoms. The van der Waals surface area contributed by atoms with Crippen LogP contribution in [-0.2, 0) is 14.0 Å². The minimum absolute atomic E-state index is 0.250. The van der Waals surface area contributed by atoms with E-state index in [0.717, 1.165) is 23.7 Å². The molecule has 3 nitrogen and oxygen atoms in total. The van der Waals surface area contributed by atoms with Gasteiger partial charge in [-0.25, -0.2) is 4.79 Å². The summed E-state index contributed by atoms with van der Waals surface area (Å²) < 4.78 is 12.3. The van der Waals surface area contributed by atoms with Crippen LogP contribution in [0.5, 0.6) is 0 Å². The highest BCUT2D eigenvalue weighted by Gasteiger charge is 2.38. The second kappa shape index (κ2) is 10.00. The zero-order chi connectivity index (χ0) is 16.5. The van der Waals surface area contributed by atoms with E-state index in [0.29, 0.717) is 12.7 Å². The van der Waals surface area contributed by atoms with Crippen LogP contribution in [0.25, 0.3) is 0 Å². The number of alkyl halides is 1. The van der Waals surface area contributed by atoms with Crippen LogP contribution in [-0.4, -0.2) is 31.4 Å². The lowest BCUT2D eigenvalue weighted by Gasteiger charge is -2.39. The molecule has 0 saturated heterocycles. The second-order valence-corrected chi connectivity index (χ2v) is 12.4. The minimum Gasteiger partial charge on any atom is -0.463 e. The number of allylic oxidation sites excluding steroid dienone is 1. The molecule has 0 aliphatic heterocycles. The van der Waals surface area contributed by atoms with E-state index in [1.807, 2.05) is 13.0 Å². The lowest BCUT2D eigenvalue weighted by molar-refractivity contribution is -0.137. The first kappa shape index (κ1) is 21.1. The van der Waals surface area contributed by atoms with Gasteiger partial charge < -0.3 is 9.16 Å². The number of esters is 1. The van der Waals surface area contributed by atoms with Crippen molar-refractivity contribution in [3.63, 3.8) is 0 Å². The van der Waals surface area contributed by atoms with Gasteiger partial charge in [0.05, 0.1) is 12.7 Å². The van der Waals surface area contributed by atoms with Crippen molar-refractivity contribution in [3.8, 4) is 0 Å². The van der Waals surface area contributed by atoms with E-state index in [4.69, 9.17) is 9.16 Å². The summed E-state index contributed by atoms with van der Waals surface area (Å²) in [5.74, 6) is -0.250. The highest BCUT2D eigenvalue weighted by molar-refractivity contribution is 14.1. The maximum atomic E-state index is 11.2. The summed E-state index contributed by atoms with van der Waals surface area (Å²) in [6.07, 6.45) is 6.72. The van der Waals surface area contributed by atoms with Crippen LogP contribution in [0.1, 0.15) is 47.0 Å². The first-order chi connectivity index (χ1) is 9.64. The smallest absolute Gasteiger partial charge is 0.330 e. The largest absolute Gasteiger partial charge is 0.463 e. The lowest BCUT2D eigenvalue weighted by atomic mass is 10.2. The molecule has 5 heteroatoms. The summed E-state index contributed by atoms with van der Waals surface area (Å²) in [7, 11) is -1.68. The van der Waals surface area contributed by atoms with E-state index in [-0.39, 0.29) is 11.0 Å². The predicted octanol–water partition coefficient (Wildman–Crippen LogP) is 5.10. The van der Waals surface area contributed by atoms with Gasteiger partial charge in [0.15, 0.2) is 8.32 Å². The summed E-state index contributed by atoms with van der Waals surface area (Å²) in [5.41, 5.74) is 0. The lowest BCUT2D eigenvalue weighted by Crippen LogP contribution is -2.44. The molecule has 124 valence electrons. The summed E-state index contributed by atoms with van der Waals surface area (Å²) >= 11 is 2.41. The molecule has 0 amide bonds. The number of halogens is 1. The topological polar surface area (TPSA) is 35.5 Å². The molecular formula is C16H31IO3Si. The zero-order valence-electron chi connectivity index (χ0n) is 14.4. The molecule has 0 aromatic carbocycles. The van der Waals surface area contributed by atoms with Gasteiger partial charge in [-0.15, -0.1) is 0 Å². The van der Waals surface area contributed by atoms with Gasteiger partial charge >= 0.3 is 5.97 Å². The maximum absolute atomic E-state index is 11.2. The van der Waals surface area contributed by atoms with Crippen molar-refractivity contribution in [2.24, 2.45) is 0 Å². The van der Waals surface area contributed by atoms with Gasteiger partial charge in [0.25, 0.3) is 0 Å². The molecule has 0 bridgehead atoms. The summed E-state index contributed by atoms with van der Waals surface area (Å²) in [4.78, 5) is 11.2. The van der Waals surface area contributed by atoms with Gasteiger partial charge in [0, 0.05) is 10.5 Å². The quantitative estimate of drug-likeness (QED) is 0.129. The molecule has 0 rings (SSSR count). The molecule has 0 spiro atoms. The number of rotatable bonds is 9. The molecule has 0 aromatic rings. The SMILES string of the molecule is CCOC(=O)/C=C/CCCC(CI)O[Si](C)(C)C(C)(C)C. The summed E-state index contributed by atoms with van der Waals surface area (Å²) in [6.45, 7) is 13.7. The maximum Gasteiger partial charge on any atom is 0.330 e. The van der Waals surface area contributed by atoms with Crippen molar-refractivity contribution >= 4 is 36.9 Å². The zero-order valence-corrected chi connectivity index (χ0v) is 17.5. The Morgan fingerprint density at radius 1 is 1.33 bits per heavy atom. The van der Waals surface area contributed by atoms with Gasteiger partial charge in [-0.1, -0.05) is 49.4 Å². The number of hydrogen-bond acceptors (Lipinski definition) is 3. The normalized spacial score (nSPS) is 14.4. The molecular weight excluding hydrogens is 395 g/mol. The molecule has 0 saturated carbocycles. The average molecular weight is 426 g/mol. The van der Waals surface area contributed by atoms with E-state index in [1.54, 1.807) is 0 Å². The fourth-order valence-corrected chi connectivity index (χ4v) is 3.94. The number of unbranched alkanes of at least 4 members (excludes halogenated alkanes) is 1. The van der Waals surface area contributed by atoms with Gasteiger partial charge in [-0.3, -0.25) is 0 Å². The first-order valence-electron chi connectivity index (χ1n) is 7.71. The number of carbonyl (C=O) groups excluding carboxylic acids is 1. The van der Waals surface area contributed by atoms with E-state index in [2.05, 4.69) is 56.5 Å². The molecule has 0 aromatic heterocycles. The molecule has 0 heterocycles. The second-order valence-electron chi connectivity index (χ2n) is 6.74. The van der Waals surface area contributed by atoms with Crippen molar-refractivity contribution in [3.05, 3.63) is 12.2 Å². The fraction of sp³-hybridized carbons (Fsp3) is 0.812. The van der Waals surface area contributed by atoms with Crippen LogP contribution in [0.15, 0.2) is 12.2 Å². The van der Waals surface area contributed by atoms with Crippen molar-refractivity contribution in [1.29, 1.82) is 0 Å². The first-order valence-corrected chi connectivity index (χ1v) is 12.1. The number of carbonyl (C=O) groups is 1. The third-order valence-electron chi connectivity index (χ3n) is 3.88. The van der Waals surface area contributed by atoms with Gasteiger partial charge in [-0.2, -0.15) is 0 Å². The Hall–Kier alpha value is 0.117. The Morgan fingerprint density at radius 2 is 1.95 bits per heavy atom. The van der Waals surface area contributed by atoms with Gasteiger partial charge in [-0.05, 0) is 44.3 Å². The third kappa shape index (κ3) is 8.98. The standard InChI is InChI=1S/C16H31IO3Si/c1-7-19-15(18)12-10-8-9-11-14(13-17)20-21(5,6)16(2,3)4/h10,12,14H,7-9,11,13H2,1-6H3/b12-10+. The van der Waals surface area contributed by atoms with E-state index >= 15 is 0 Å². The van der Waals surface area contributed by atoms with Gasteiger partial charge in [0.2, 0.25) is 0 Å². The number of ether oxygens (including phenoxy) is 1. The van der Waals surface area contributed by atoms with Gasteiger partial charge in [0.1, 0.15) is 0 Å². The fourth-order valence-electron chi connectivity index (χ4n) is 1.59. The Balaban J connectivity index is 4.15. The summed E-state index contributed by atoms with van der Waals surface area (Å²) in [6, 6.07) is 0. The van der Waals surface area contributed by atoms with Crippen LogP contribution < -0.4 is 0 Å². The minimum atomic E-state index is -1.68. The van der Waals surface area contributed by atoms with Crippen molar-refractivity contribution in [1.82, 2.24) is 0 Å². The Bertz CT molecular complexity index is 335. The number of hydrogen-bond donors (Lipinski definition) is 0. The molecule has 0 aliphatic carbocycles. The Morgan fingerprint density at radius 3 is 2.43 bits per heavy atom. The monoisotopic (exact) mass is 426 g/mol. The van der Waals surface area contributed by atoms with Crippen LogP contribution in [0.4, 0.5) is 0 Å². The Labute approximate surface area is 145 Å². The molecule has 1 unspecified atom stereocenters. The molecule has 0 N–H and O–H groups in total. The predicted molar refractivity (Wildman–Crippen MR) is 101 cm³/mol. The molecule has 0 aliphatic rings. The Kier molecular flexibility index (Phi) is 10.1. The highest BCUT2D eigenvalue weighted by Crippen LogP contribution is 2.37. The molecule has 0 radical (unpaired) electrons. The molecule has 0 fully saturated rings. The van der Waals surface area contributed by atoms with E-state index in [9.17, 15) is 4.79 Å². The highest BCUT2D eigenvalue weighted by atomic mass is 127. The van der Waals surface area contributed by atoms with E-state index < -0.39 is 8.32 Å². The van der Waals surface area contributed by atoms with Crippen LogP contribution >= 0.6 is 22.6 Å². The van der Waals surface area contributed by atoms with E-state index in [1.165, 1.54) is 6.08 Å². The van der Waals surface area contributed by atoms with Crippen molar-refractivity contribution in [2.75, 3.05) is 11.0 Å². The van der Waals surface area contributed by atoms with Crippen molar-refractivity contribution < 1.29 is 14.0 Å². The van der Waals surface area contributed by atoms with Crippen LogP contribution in [0.2, 0.25) is 18.1 Å². The van der Waals surface area contributed by atoms with Crippen LogP contribution in [0.3, 0.4) is 0 Å².